The predicted molar refractivity (Wildman–Crippen MR) is 155 cm³/mol. The average Bonchev–Trinajstić information content (AvgIpc) is 3.33. The Balaban J connectivity index is 1.88. The summed E-state index contributed by atoms with van der Waals surface area (Å²) in [6.45, 7) is 4.89. The summed E-state index contributed by atoms with van der Waals surface area (Å²) >= 11 is 0. The molecule has 4 N–H and O–H groups in total. The van der Waals surface area contributed by atoms with Gasteiger partial charge in [0.05, 0.1) is 29.7 Å². The number of nitrogens with one attached hydrogen (secondary N) is 3. The number of carbonyl (C=O) groups excluding carboxylic acids is 2. The number of carbonyl (C=O) groups is 2. The second kappa shape index (κ2) is 15.0. The van der Waals surface area contributed by atoms with Gasteiger partial charge in [-0.2, -0.15) is 5.26 Å². The normalized spacial score (nSPS) is 16.4. The minimum atomic E-state index is -3.95. The van der Waals surface area contributed by atoms with Gasteiger partial charge < -0.3 is 19.9 Å². The number of benzene rings is 2. The van der Waals surface area contributed by atoms with Crippen molar-refractivity contribution >= 4 is 21.7 Å². The summed E-state index contributed by atoms with van der Waals surface area (Å²) in [6.07, 6.45) is -1.93. The highest BCUT2D eigenvalue weighted by atomic mass is 32.2. The number of aliphatic hydroxyl groups is 1. The molecule has 0 fully saturated rings. The number of ether oxygens (including phenoxy) is 2. The van der Waals surface area contributed by atoms with Gasteiger partial charge >= 0.3 is 0 Å². The molecule has 2 aromatic rings. The van der Waals surface area contributed by atoms with Crippen molar-refractivity contribution in [2.75, 3.05) is 20.1 Å². The molecule has 2 aromatic carbocycles. The van der Waals surface area contributed by atoms with Crippen molar-refractivity contribution in [2.24, 2.45) is 5.92 Å². The average molecular weight is 602 g/mol. The fourth-order valence-corrected chi connectivity index (χ4v) is 6.52. The van der Waals surface area contributed by atoms with Crippen LogP contribution in [0.2, 0.25) is 0 Å². The standard InChI is InChI=1S/C29H39N5O7S/c1-19(2)29(42(38,39)22-12-13-25-26(16-22)41-20(3)40-25)32-17-24(35)23(15-21-9-6-5-7-10-21)34(28(37)11-8-14-30)33-27(36)18-31-4/h5-7,9-10,12-13,16,19-20,23-24,29,31-32,35H,8,11,15,17-18H2,1-4H3,(H,33,36)/t20?,23?,24-,29?/m1/s1. The largest absolute Gasteiger partial charge is 0.451 e. The van der Waals surface area contributed by atoms with E-state index >= 15 is 0 Å². The molecule has 228 valence electrons. The number of likely N-dealkylation sites (N-methyl/N-ethyl adjacent to an activating group) is 1. The Labute approximate surface area is 246 Å². The van der Waals surface area contributed by atoms with Crippen molar-refractivity contribution in [1.29, 1.82) is 5.26 Å². The van der Waals surface area contributed by atoms with Gasteiger partial charge in [0, 0.05) is 32.4 Å². The zero-order valence-corrected chi connectivity index (χ0v) is 25.1. The van der Waals surface area contributed by atoms with E-state index in [-0.39, 0.29) is 37.2 Å². The molecule has 0 bridgehead atoms. The van der Waals surface area contributed by atoms with E-state index in [9.17, 15) is 23.1 Å². The molecular formula is C29H39N5O7S. The molecule has 1 aliphatic rings. The van der Waals surface area contributed by atoms with Crippen LogP contribution < -0.4 is 25.5 Å². The number of hydrogen-bond donors (Lipinski definition) is 4. The second-order valence-corrected chi connectivity index (χ2v) is 12.4. The van der Waals surface area contributed by atoms with Gasteiger partial charge in [-0.1, -0.05) is 44.2 Å². The zero-order chi connectivity index (χ0) is 30.9. The zero-order valence-electron chi connectivity index (χ0n) is 24.2. The maximum Gasteiger partial charge on any atom is 0.252 e. The summed E-state index contributed by atoms with van der Waals surface area (Å²) in [5.74, 6) is -0.679. The van der Waals surface area contributed by atoms with Crippen LogP contribution >= 0.6 is 0 Å². The number of sulfone groups is 1. The lowest BCUT2D eigenvalue weighted by atomic mass is 9.99. The second-order valence-electron chi connectivity index (χ2n) is 10.3. The van der Waals surface area contributed by atoms with Gasteiger partial charge in [0.2, 0.25) is 12.2 Å². The van der Waals surface area contributed by atoms with Crippen molar-refractivity contribution in [3.8, 4) is 17.6 Å². The van der Waals surface area contributed by atoms with Gasteiger partial charge in [0.1, 0.15) is 5.37 Å². The first-order chi connectivity index (χ1) is 20.0. The van der Waals surface area contributed by atoms with Gasteiger partial charge in [-0.25, -0.2) is 13.4 Å². The Morgan fingerprint density at radius 1 is 1.12 bits per heavy atom. The SMILES string of the molecule is CNCC(=O)NN(C(=O)CCC#N)C(Cc1ccccc1)[C@H](O)CNC(C(C)C)S(=O)(=O)c1ccc2c(c1)OC(C)O2. The Morgan fingerprint density at radius 2 is 1.81 bits per heavy atom. The molecule has 13 heteroatoms. The molecule has 3 unspecified atom stereocenters. The quantitative estimate of drug-likeness (QED) is 0.233. The number of hydrazine groups is 1. The van der Waals surface area contributed by atoms with Crippen LogP contribution in [0.1, 0.15) is 39.2 Å². The molecule has 1 heterocycles. The highest BCUT2D eigenvalue weighted by Gasteiger charge is 2.36. The molecule has 0 aromatic heterocycles. The first-order valence-corrected chi connectivity index (χ1v) is 15.3. The van der Waals surface area contributed by atoms with Gasteiger partial charge in [-0.05, 0) is 37.1 Å². The van der Waals surface area contributed by atoms with Crippen LogP contribution in [-0.2, 0) is 25.8 Å². The summed E-state index contributed by atoms with van der Waals surface area (Å²) in [6, 6.07) is 14.5. The van der Waals surface area contributed by atoms with Crippen LogP contribution in [0.15, 0.2) is 53.4 Å². The fourth-order valence-electron chi connectivity index (χ4n) is 4.66. The summed E-state index contributed by atoms with van der Waals surface area (Å²) in [5.41, 5.74) is 3.35. The lowest BCUT2D eigenvalue weighted by molar-refractivity contribution is -0.147. The van der Waals surface area contributed by atoms with Gasteiger partial charge in [0.15, 0.2) is 21.3 Å². The van der Waals surface area contributed by atoms with E-state index in [1.807, 2.05) is 36.4 Å². The van der Waals surface area contributed by atoms with Crippen LogP contribution in [-0.4, -0.2) is 74.3 Å². The van der Waals surface area contributed by atoms with E-state index in [0.29, 0.717) is 11.5 Å². The highest BCUT2D eigenvalue weighted by Crippen LogP contribution is 2.37. The number of amides is 2. The third-order valence-corrected chi connectivity index (χ3v) is 8.95. The lowest BCUT2D eigenvalue weighted by Crippen LogP contribution is -2.60. The van der Waals surface area contributed by atoms with E-state index < -0.39 is 51.4 Å². The van der Waals surface area contributed by atoms with E-state index in [0.717, 1.165) is 10.6 Å². The minimum absolute atomic E-state index is 0.0353. The van der Waals surface area contributed by atoms with Gasteiger partial charge in [-0.15, -0.1) is 0 Å². The molecule has 0 saturated heterocycles. The van der Waals surface area contributed by atoms with Crippen LogP contribution in [0.5, 0.6) is 11.5 Å². The number of fused-ring (bicyclic) bond motifs is 1. The van der Waals surface area contributed by atoms with E-state index in [1.165, 1.54) is 12.1 Å². The van der Waals surface area contributed by atoms with Gasteiger partial charge in [-0.3, -0.25) is 20.3 Å². The number of nitrogens with zero attached hydrogens (tertiary/aromatic N) is 2. The first-order valence-electron chi connectivity index (χ1n) is 13.8. The van der Waals surface area contributed by atoms with Crippen LogP contribution in [0, 0.1) is 17.2 Å². The third-order valence-electron chi connectivity index (χ3n) is 6.66. The molecule has 42 heavy (non-hydrogen) atoms. The third kappa shape index (κ3) is 8.42. The van der Waals surface area contributed by atoms with Crippen LogP contribution in [0.4, 0.5) is 0 Å². The smallest absolute Gasteiger partial charge is 0.252 e. The van der Waals surface area contributed by atoms with Crippen molar-refractivity contribution in [2.45, 2.75) is 68.7 Å². The summed E-state index contributed by atoms with van der Waals surface area (Å²) < 4.78 is 38.5. The summed E-state index contributed by atoms with van der Waals surface area (Å²) in [7, 11) is -2.37. The van der Waals surface area contributed by atoms with Crippen LogP contribution in [0.3, 0.4) is 0 Å². The van der Waals surface area contributed by atoms with E-state index in [1.54, 1.807) is 33.9 Å². The topological polar surface area (TPSA) is 170 Å². The van der Waals surface area contributed by atoms with Crippen molar-refractivity contribution in [1.82, 2.24) is 21.1 Å². The monoisotopic (exact) mass is 601 g/mol. The molecule has 12 nitrogen and oxygen atoms in total. The molecule has 2 amide bonds. The Bertz CT molecular complexity index is 1360. The predicted octanol–water partition coefficient (Wildman–Crippen LogP) is 1.50. The molecular weight excluding hydrogens is 562 g/mol. The molecule has 1 aliphatic heterocycles. The lowest BCUT2D eigenvalue weighted by Gasteiger charge is -2.36. The Morgan fingerprint density at radius 3 is 2.45 bits per heavy atom. The van der Waals surface area contributed by atoms with Gasteiger partial charge in [0.25, 0.3) is 5.91 Å². The molecule has 3 rings (SSSR count). The van der Waals surface area contributed by atoms with E-state index in [4.69, 9.17) is 14.7 Å². The number of rotatable bonds is 14. The molecule has 0 aliphatic carbocycles. The summed E-state index contributed by atoms with van der Waals surface area (Å²) in [4.78, 5) is 25.7. The minimum Gasteiger partial charge on any atom is -0.451 e. The van der Waals surface area contributed by atoms with Crippen LogP contribution in [0.25, 0.3) is 0 Å². The Hall–Kier alpha value is -3.70. The summed E-state index contributed by atoms with van der Waals surface area (Å²) in [5, 5.41) is 26.2. The number of nitriles is 1. The maximum absolute atomic E-state index is 13.7. The number of aliphatic hydroxyl groups excluding tert-OH is 1. The van der Waals surface area contributed by atoms with Crippen molar-refractivity contribution in [3.05, 3.63) is 54.1 Å². The molecule has 0 saturated carbocycles. The fraction of sp³-hybridized carbons (Fsp3) is 0.483. The molecule has 0 radical (unpaired) electrons. The number of hydrogen-bond acceptors (Lipinski definition) is 10. The first kappa shape index (κ1) is 32.8. The molecule has 0 spiro atoms. The highest BCUT2D eigenvalue weighted by molar-refractivity contribution is 7.92. The van der Waals surface area contributed by atoms with Crippen molar-refractivity contribution < 1.29 is 32.6 Å². The van der Waals surface area contributed by atoms with Crippen molar-refractivity contribution in [3.63, 3.8) is 0 Å². The molecule has 4 atom stereocenters. The maximum atomic E-state index is 13.7. The Kier molecular flexibility index (Phi) is 11.7. The van der Waals surface area contributed by atoms with E-state index in [2.05, 4.69) is 16.1 Å².